The summed E-state index contributed by atoms with van der Waals surface area (Å²) in [6, 6.07) is 7.11. The van der Waals surface area contributed by atoms with E-state index in [4.69, 9.17) is 9.31 Å². The van der Waals surface area contributed by atoms with Gasteiger partial charge in [-0.1, -0.05) is 12.1 Å². The second-order valence-electron chi connectivity index (χ2n) is 7.81. The quantitative estimate of drug-likeness (QED) is 0.748. The molecule has 138 valence electrons. The van der Waals surface area contributed by atoms with E-state index in [-0.39, 0.29) is 24.3 Å². The van der Waals surface area contributed by atoms with Gasteiger partial charge in [-0.3, -0.25) is 0 Å². The normalized spacial score (nSPS) is 26.4. The molecule has 2 aliphatic heterocycles. The standard InChI is InChI=1S/C17H24BF2NO3S/c1-15(2)16(3,4)24-18(23-15)13-5-7-14(8-6-13)21-25(22)11-9-17(19,20)10-12-25/h5-8H,9-12H2,1-4H3. The zero-order chi connectivity index (χ0) is 18.5. The third-order valence-corrected chi connectivity index (χ3v) is 7.49. The van der Waals surface area contributed by atoms with Crippen LogP contribution in [0.1, 0.15) is 40.5 Å². The third-order valence-electron chi connectivity index (χ3n) is 5.26. The Labute approximate surface area is 148 Å². The van der Waals surface area contributed by atoms with E-state index >= 15 is 0 Å². The summed E-state index contributed by atoms with van der Waals surface area (Å²) in [5.74, 6) is -2.82. The van der Waals surface area contributed by atoms with Crippen molar-refractivity contribution in [3.05, 3.63) is 24.3 Å². The molecule has 0 amide bonds. The van der Waals surface area contributed by atoms with E-state index in [9.17, 15) is 13.0 Å². The van der Waals surface area contributed by atoms with Gasteiger partial charge in [0.2, 0.25) is 5.92 Å². The third kappa shape index (κ3) is 3.91. The van der Waals surface area contributed by atoms with Crippen LogP contribution in [0.4, 0.5) is 14.5 Å². The number of rotatable bonds is 2. The monoisotopic (exact) mass is 371 g/mol. The van der Waals surface area contributed by atoms with Gasteiger partial charge in [-0.25, -0.2) is 13.0 Å². The highest BCUT2D eigenvalue weighted by molar-refractivity contribution is 7.93. The minimum atomic E-state index is -2.71. The van der Waals surface area contributed by atoms with Crippen LogP contribution in [0.3, 0.4) is 0 Å². The highest BCUT2D eigenvalue weighted by Gasteiger charge is 2.51. The second-order valence-corrected chi connectivity index (χ2v) is 10.4. The van der Waals surface area contributed by atoms with Crippen molar-refractivity contribution in [2.45, 2.75) is 57.7 Å². The van der Waals surface area contributed by atoms with Crippen molar-refractivity contribution in [2.75, 3.05) is 11.5 Å². The molecule has 1 aromatic carbocycles. The summed E-state index contributed by atoms with van der Waals surface area (Å²) >= 11 is 0. The summed E-state index contributed by atoms with van der Waals surface area (Å²) in [6.45, 7) is 7.94. The number of hydrogen-bond donors (Lipinski definition) is 0. The predicted octanol–water partition coefficient (Wildman–Crippen LogP) is 3.51. The summed E-state index contributed by atoms with van der Waals surface area (Å²) in [7, 11) is -3.07. The lowest BCUT2D eigenvalue weighted by atomic mass is 9.79. The molecule has 0 radical (unpaired) electrons. The molecule has 0 atom stereocenters. The van der Waals surface area contributed by atoms with E-state index in [1.165, 1.54) is 0 Å². The van der Waals surface area contributed by atoms with Gasteiger partial charge in [-0.2, -0.15) is 4.36 Å². The molecule has 2 saturated heterocycles. The fourth-order valence-corrected chi connectivity index (χ4v) is 4.93. The fourth-order valence-electron chi connectivity index (χ4n) is 2.80. The summed E-state index contributed by atoms with van der Waals surface area (Å²) in [4.78, 5) is 0. The van der Waals surface area contributed by atoms with Gasteiger partial charge < -0.3 is 9.31 Å². The average Bonchev–Trinajstić information content (AvgIpc) is 2.72. The summed E-state index contributed by atoms with van der Waals surface area (Å²) in [6.07, 6.45) is -0.720. The molecule has 0 bridgehead atoms. The first-order valence-electron chi connectivity index (χ1n) is 8.47. The Balaban J connectivity index is 1.76. The number of hydrogen-bond acceptors (Lipinski definition) is 4. The first kappa shape index (κ1) is 18.8. The van der Waals surface area contributed by atoms with Crippen molar-refractivity contribution in [3.8, 4) is 0 Å². The van der Waals surface area contributed by atoms with Gasteiger partial charge >= 0.3 is 7.12 Å². The largest absolute Gasteiger partial charge is 0.494 e. The van der Waals surface area contributed by atoms with Crippen molar-refractivity contribution < 1.29 is 22.3 Å². The Hall–Kier alpha value is -0.985. The molecule has 0 aliphatic carbocycles. The van der Waals surface area contributed by atoms with Gasteiger partial charge in [-0.15, -0.1) is 0 Å². The maximum absolute atomic E-state index is 13.2. The van der Waals surface area contributed by atoms with E-state index < -0.39 is 34.0 Å². The van der Waals surface area contributed by atoms with E-state index in [0.717, 1.165) is 5.46 Å². The van der Waals surface area contributed by atoms with Crippen molar-refractivity contribution in [1.29, 1.82) is 0 Å². The van der Waals surface area contributed by atoms with E-state index in [1.807, 2.05) is 39.8 Å². The van der Waals surface area contributed by atoms with Crippen LogP contribution in [-0.4, -0.2) is 40.0 Å². The van der Waals surface area contributed by atoms with E-state index in [0.29, 0.717) is 5.69 Å². The van der Waals surface area contributed by atoms with Crippen molar-refractivity contribution >= 4 is 28.0 Å². The molecule has 0 saturated carbocycles. The molecule has 25 heavy (non-hydrogen) atoms. The molecular formula is C17H24BF2NO3S. The molecule has 0 aromatic heterocycles. The highest BCUT2D eigenvalue weighted by atomic mass is 32.2. The van der Waals surface area contributed by atoms with Gasteiger partial charge in [0.25, 0.3) is 0 Å². The van der Waals surface area contributed by atoms with Crippen molar-refractivity contribution in [3.63, 3.8) is 0 Å². The highest BCUT2D eigenvalue weighted by Crippen LogP contribution is 2.36. The maximum atomic E-state index is 13.2. The van der Waals surface area contributed by atoms with Gasteiger partial charge in [0.1, 0.15) is 0 Å². The SMILES string of the molecule is CC1(C)OB(c2ccc(N=S3(=O)CCC(F)(F)CC3)cc2)OC1(C)C. The lowest BCUT2D eigenvalue weighted by molar-refractivity contribution is -0.00780. The van der Waals surface area contributed by atoms with Crippen LogP contribution in [0, 0.1) is 0 Å². The molecule has 2 fully saturated rings. The Kier molecular flexibility index (Phi) is 4.53. The molecule has 2 heterocycles. The molecule has 1 aromatic rings. The fraction of sp³-hybridized carbons (Fsp3) is 0.647. The minimum Gasteiger partial charge on any atom is -0.399 e. The average molecular weight is 371 g/mol. The number of alkyl halides is 2. The van der Waals surface area contributed by atoms with Crippen molar-refractivity contribution in [1.82, 2.24) is 0 Å². The Bertz CT molecular complexity index is 739. The van der Waals surface area contributed by atoms with E-state index in [2.05, 4.69) is 4.36 Å². The molecule has 0 spiro atoms. The zero-order valence-electron chi connectivity index (χ0n) is 15.1. The number of nitrogens with zero attached hydrogens (tertiary/aromatic N) is 1. The van der Waals surface area contributed by atoms with Crippen LogP contribution in [0.5, 0.6) is 0 Å². The van der Waals surface area contributed by atoms with Gasteiger partial charge in [-0.05, 0) is 45.3 Å². The summed E-state index contributed by atoms with van der Waals surface area (Å²) in [5.41, 5.74) is 0.548. The smallest absolute Gasteiger partial charge is 0.399 e. The van der Waals surface area contributed by atoms with Crippen LogP contribution in [0.15, 0.2) is 28.6 Å². The molecule has 8 heteroatoms. The Morgan fingerprint density at radius 1 is 1.00 bits per heavy atom. The van der Waals surface area contributed by atoms with E-state index in [1.54, 1.807) is 12.1 Å². The zero-order valence-corrected chi connectivity index (χ0v) is 15.9. The van der Waals surface area contributed by atoms with Gasteiger partial charge in [0.05, 0.1) is 26.6 Å². The molecule has 4 nitrogen and oxygen atoms in total. The number of benzene rings is 1. The lowest BCUT2D eigenvalue weighted by Gasteiger charge is -2.32. The Morgan fingerprint density at radius 3 is 1.96 bits per heavy atom. The first-order valence-corrected chi connectivity index (χ1v) is 10.3. The van der Waals surface area contributed by atoms with Crippen LogP contribution >= 0.6 is 0 Å². The summed E-state index contributed by atoms with van der Waals surface area (Å²) in [5, 5.41) is 0. The Morgan fingerprint density at radius 2 is 1.48 bits per heavy atom. The van der Waals surface area contributed by atoms with Crippen LogP contribution in [0.25, 0.3) is 0 Å². The molecule has 0 unspecified atom stereocenters. The maximum Gasteiger partial charge on any atom is 0.494 e. The molecule has 2 aliphatic rings. The van der Waals surface area contributed by atoms with Crippen LogP contribution in [0.2, 0.25) is 0 Å². The van der Waals surface area contributed by atoms with Crippen LogP contribution in [-0.2, 0) is 19.0 Å². The first-order chi connectivity index (χ1) is 11.4. The molecule has 0 N–H and O–H groups in total. The summed E-state index contributed by atoms with van der Waals surface area (Å²) < 4.78 is 55.3. The topological polar surface area (TPSA) is 47.9 Å². The van der Waals surface area contributed by atoms with Gasteiger partial charge in [0, 0.05) is 24.3 Å². The second kappa shape index (κ2) is 6.03. The lowest BCUT2D eigenvalue weighted by Crippen LogP contribution is -2.41. The number of halogens is 2. The molecular weight excluding hydrogens is 347 g/mol. The molecule has 3 rings (SSSR count). The van der Waals surface area contributed by atoms with Crippen LogP contribution < -0.4 is 5.46 Å². The minimum absolute atomic E-state index is 0.0566. The van der Waals surface area contributed by atoms with Gasteiger partial charge in [0.15, 0.2) is 0 Å². The van der Waals surface area contributed by atoms with Crippen molar-refractivity contribution in [2.24, 2.45) is 4.36 Å². The predicted molar refractivity (Wildman–Crippen MR) is 96.3 cm³/mol.